The van der Waals surface area contributed by atoms with Gasteiger partial charge in [-0.25, -0.2) is 9.97 Å². The van der Waals surface area contributed by atoms with Crippen LogP contribution in [-0.2, 0) is 6.18 Å². The molecule has 1 fully saturated rings. The molecule has 0 saturated carbocycles. The van der Waals surface area contributed by atoms with Gasteiger partial charge in [0.05, 0.1) is 11.3 Å². The van der Waals surface area contributed by atoms with Crippen LogP contribution in [0.1, 0.15) is 45.9 Å². The summed E-state index contributed by atoms with van der Waals surface area (Å²) in [5.41, 5.74) is 4.16. The predicted molar refractivity (Wildman–Crippen MR) is 151 cm³/mol. The van der Waals surface area contributed by atoms with E-state index >= 15 is 0 Å². The van der Waals surface area contributed by atoms with Gasteiger partial charge in [-0.15, -0.1) is 0 Å². The van der Waals surface area contributed by atoms with Crippen LogP contribution in [0.5, 0.6) is 0 Å². The SMILES string of the molecule is Cc1cc(Nc2cc(C(F)(F)F)ccn2)nc(-c2ccc(C3CCN(C(=O)c4ccc5cc[nH]c5c4)CC3)nc2)c1. The number of aromatic nitrogens is 4. The van der Waals surface area contributed by atoms with Crippen LogP contribution in [0.25, 0.3) is 22.2 Å². The van der Waals surface area contributed by atoms with Gasteiger partial charge in [0.1, 0.15) is 11.6 Å². The number of hydrogen-bond acceptors (Lipinski definition) is 5. The number of rotatable bonds is 5. The molecule has 0 atom stereocenters. The van der Waals surface area contributed by atoms with E-state index in [1.54, 1.807) is 12.3 Å². The van der Waals surface area contributed by atoms with E-state index in [4.69, 9.17) is 4.98 Å². The van der Waals surface area contributed by atoms with Crippen LogP contribution in [0.4, 0.5) is 24.8 Å². The van der Waals surface area contributed by atoms with Gasteiger partial charge in [0.25, 0.3) is 5.91 Å². The number of piperidine rings is 1. The van der Waals surface area contributed by atoms with E-state index in [2.05, 4.69) is 20.3 Å². The Morgan fingerprint density at radius 2 is 1.80 bits per heavy atom. The van der Waals surface area contributed by atoms with Crippen molar-refractivity contribution in [2.45, 2.75) is 31.9 Å². The molecule has 10 heteroatoms. The number of pyridine rings is 3. The van der Waals surface area contributed by atoms with E-state index in [9.17, 15) is 18.0 Å². The summed E-state index contributed by atoms with van der Waals surface area (Å²) in [6.07, 6.45) is 1.94. The smallest absolute Gasteiger partial charge is 0.361 e. The molecule has 0 bridgehead atoms. The predicted octanol–water partition coefficient (Wildman–Crippen LogP) is 7.11. The molecule has 0 unspecified atom stereocenters. The number of carbonyl (C=O) groups is 1. The third kappa shape index (κ3) is 5.77. The summed E-state index contributed by atoms with van der Waals surface area (Å²) in [6, 6.07) is 17.2. The Bertz CT molecular complexity index is 1710. The fourth-order valence-electron chi connectivity index (χ4n) is 5.23. The maximum absolute atomic E-state index is 13.1. The zero-order chi connectivity index (χ0) is 28.6. The third-order valence-corrected chi connectivity index (χ3v) is 7.40. The standard InChI is InChI=1S/C31H27F3N6O/c1-19-14-27(38-29(15-19)39-28-17-24(7-11-36-28)31(32,33)34)23-4-5-25(37-18-23)21-8-12-40(13-9-21)30(41)22-3-2-20-6-10-35-26(20)16-22/h2-7,10-11,14-18,21,35H,8-9,12-13H2,1H3,(H,36,38,39). The van der Waals surface area contributed by atoms with Gasteiger partial charge in [-0.3, -0.25) is 9.78 Å². The monoisotopic (exact) mass is 556 g/mol. The molecule has 1 amide bonds. The highest BCUT2D eigenvalue weighted by molar-refractivity contribution is 5.98. The fraction of sp³-hybridized carbons (Fsp3) is 0.226. The van der Waals surface area contributed by atoms with Gasteiger partial charge < -0.3 is 15.2 Å². The molecule has 4 aromatic heterocycles. The van der Waals surface area contributed by atoms with Gasteiger partial charge in [0, 0.05) is 59.9 Å². The minimum absolute atomic E-state index is 0.0403. The normalized spacial score (nSPS) is 14.4. The van der Waals surface area contributed by atoms with Gasteiger partial charge in [-0.05, 0) is 85.3 Å². The molecule has 6 rings (SSSR count). The number of carbonyl (C=O) groups excluding carboxylic acids is 1. The van der Waals surface area contributed by atoms with E-state index < -0.39 is 11.7 Å². The zero-order valence-electron chi connectivity index (χ0n) is 22.2. The first-order chi connectivity index (χ1) is 19.7. The Kier molecular flexibility index (Phi) is 6.90. The minimum atomic E-state index is -4.46. The van der Waals surface area contributed by atoms with Crippen molar-refractivity contribution in [3.05, 3.63) is 102 Å². The van der Waals surface area contributed by atoms with Gasteiger partial charge in [-0.2, -0.15) is 13.2 Å². The lowest BCUT2D eigenvalue weighted by Gasteiger charge is -2.32. The van der Waals surface area contributed by atoms with Crippen molar-refractivity contribution in [2.24, 2.45) is 0 Å². The van der Waals surface area contributed by atoms with E-state index in [-0.39, 0.29) is 17.6 Å². The van der Waals surface area contributed by atoms with Crippen LogP contribution in [0.2, 0.25) is 0 Å². The van der Waals surface area contributed by atoms with Crippen molar-refractivity contribution in [2.75, 3.05) is 18.4 Å². The molecule has 5 aromatic rings. The summed E-state index contributed by atoms with van der Waals surface area (Å²) in [6.45, 7) is 3.21. The number of nitrogens with one attached hydrogen (secondary N) is 2. The number of aromatic amines is 1. The zero-order valence-corrected chi connectivity index (χ0v) is 22.2. The number of benzene rings is 1. The first-order valence-electron chi connectivity index (χ1n) is 13.3. The second-order valence-electron chi connectivity index (χ2n) is 10.3. The first-order valence-corrected chi connectivity index (χ1v) is 13.3. The lowest BCUT2D eigenvalue weighted by atomic mass is 9.92. The number of likely N-dealkylation sites (tertiary alicyclic amines) is 1. The molecule has 1 aliphatic rings. The molecule has 208 valence electrons. The number of amides is 1. The molecule has 0 spiro atoms. The summed E-state index contributed by atoms with van der Waals surface area (Å²) in [5.74, 6) is 0.738. The molecule has 1 aliphatic heterocycles. The maximum Gasteiger partial charge on any atom is 0.416 e. The highest BCUT2D eigenvalue weighted by Crippen LogP contribution is 2.32. The molecular weight excluding hydrogens is 529 g/mol. The number of aryl methyl sites for hydroxylation is 1. The molecule has 41 heavy (non-hydrogen) atoms. The van der Waals surface area contributed by atoms with Crippen LogP contribution < -0.4 is 5.32 Å². The van der Waals surface area contributed by atoms with Gasteiger partial charge in [-0.1, -0.05) is 6.07 Å². The van der Waals surface area contributed by atoms with Crippen molar-refractivity contribution < 1.29 is 18.0 Å². The van der Waals surface area contributed by atoms with Crippen molar-refractivity contribution in [3.63, 3.8) is 0 Å². The van der Waals surface area contributed by atoms with E-state index in [0.717, 1.165) is 58.9 Å². The highest BCUT2D eigenvalue weighted by atomic mass is 19.4. The van der Waals surface area contributed by atoms with E-state index in [1.165, 1.54) is 0 Å². The van der Waals surface area contributed by atoms with E-state index in [1.807, 2.05) is 60.5 Å². The lowest BCUT2D eigenvalue weighted by molar-refractivity contribution is -0.137. The summed E-state index contributed by atoms with van der Waals surface area (Å²) < 4.78 is 39.3. The molecule has 2 N–H and O–H groups in total. The van der Waals surface area contributed by atoms with Crippen LogP contribution in [-0.4, -0.2) is 43.8 Å². The van der Waals surface area contributed by atoms with Crippen LogP contribution in [0.15, 0.2) is 79.3 Å². The van der Waals surface area contributed by atoms with Crippen molar-refractivity contribution in [3.8, 4) is 11.3 Å². The Morgan fingerprint density at radius 3 is 2.56 bits per heavy atom. The average Bonchev–Trinajstić information content (AvgIpc) is 3.45. The van der Waals surface area contributed by atoms with E-state index in [0.29, 0.717) is 30.2 Å². The van der Waals surface area contributed by atoms with Crippen molar-refractivity contribution >= 4 is 28.4 Å². The first kappa shape index (κ1) is 26.5. The van der Waals surface area contributed by atoms with Crippen LogP contribution in [0, 0.1) is 6.92 Å². The summed E-state index contributed by atoms with van der Waals surface area (Å²) in [4.78, 5) is 31.4. The number of alkyl halides is 3. The average molecular weight is 557 g/mol. The molecule has 1 saturated heterocycles. The Balaban J connectivity index is 1.11. The van der Waals surface area contributed by atoms with Gasteiger partial charge >= 0.3 is 6.18 Å². The number of H-pyrrole nitrogens is 1. The maximum atomic E-state index is 13.1. The summed E-state index contributed by atoms with van der Waals surface area (Å²) >= 11 is 0. The Labute approximate surface area is 234 Å². The fourth-order valence-corrected chi connectivity index (χ4v) is 5.23. The number of nitrogens with zero attached hydrogens (tertiary/aromatic N) is 4. The molecule has 7 nitrogen and oxygen atoms in total. The molecule has 0 radical (unpaired) electrons. The molecule has 1 aromatic carbocycles. The lowest BCUT2D eigenvalue weighted by Crippen LogP contribution is -2.38. The van der Waals surface area contributed by atoms with Gasteiger partial charge in [0.15, 0.2) is 0 Å². The molecule has 5 heterocycles. The summed E-state index contributed by atoms with van der Waals surface area (Å²) in [5, 5.41) is 3.97. The quantitative estimate of drug-likeness (QED) is 0.241. The van der Waals surface area contributed by atoms with Gasteiger partial charge in [0.2, 0.25) is 0 Å². The number of fused-ring (bicyclic) bond motifs is 1. The number of anilines is 2. The largest absolute Gasteiger partial charge is 0.416 e. The molecule has 0 aliphatic carbocycles. The van der Waals surface area contributed by atoms with Crippen LogP contribution in [0.3, 0.4) is 0 Å². The Morgan fingerprint density at radius 1 is 0.976 bits per heavy atom. The minimum Gasteiger partial charge on any atom is -0.361 e. The topological polar surface area (TPSA) is 86.8 Å². The number of hydrogen-bond donors (Lipinski definition) is 2. The number of halogens is 3. The van der Waals surface area contributed by atoms with Crippen LogP contribution >= 0.6 is 0 Å². The second-order valence-corrected chi connectivity index (χ2v) is 10.3. The highest BCUT2D eigenvalue weighted by Gasteiger charge is 2.31. The van der Waals surface area contributed by atoms with Crippen molar-refractivity contribution in [1.82, 2.24) is 24.8 Å². The summed E-state index contributed by atoms with van der Waals surface area (Å²) in [7, 11) is 0. The third-order valence-electron chi connectivity index (χ3n) is 7.40. The Hall–Kier alpha value is -4.73. The van der Waals surface area contributed by atoms with Crippen molar-refractivity contribution in [1.29, 1.82) is 0 Å². The second kappa shape index (κ2) is 10.7. The molecular formula is C31H27F3N6O.